The Morgan fingerprint density at radius 1 is 1.53 bits per heavy atom. The molecule has 0 fully saturated rings. The third-order valence-electron chi connectivity index (χ3n) is 1.66. The van der Waals surface area contributed by atoms with E-state index in [1.165, 1.54) is 12.1 Å². The summed E-state index contributed by atoms with van der Waals surface area (Å²) in [7, 11) is 0. The normalized spacial score (nSPS) is 9.20. The molecule has 0 spiro atoms. The maximum Gasteiger partial charge on any atom is 0.335 e. The van der Waals surface area contributed by atoms with Crippen LogP contribution in [0.15, 0.2) is 22.7 Å². The minimum absolute atomic E-state index is 0.241. The van der Waals surface area contributed by atoms with Gasteiger partial charge in [0.2, 0.25) is 0 Å². The van der Waals surface area contributed by atoms with E-state index in [2.05, 4.69) is 27.8 Å². The molecule has 0 saturated carbocycles. The van der Waals surface area contributed by atoms with Crippen LogP contribution in [0.1, 0.15) is 22.3 Å². The smallest absolute Gasteiger partial charge is 0.335 e. The predicted octanol–water partition coefficient (Wildman–Crippen LogP) is 3.13. The van der Waals surface area contributed by atoms with Crippen molar-refractivity contribution in [3.63, 3.8) is 0 Å². The van der Waals surface area contributed by atoms with Gasteiger partial charge in [-0.3, -0.25) is 0 Å². The zero-order valence-electron chi connectivity index (χ0n) is 7.76. The third-order valence-corrected chi connectivity index (χ3v) is 2.50. The molecule has 0 aliphatic carbocycles. The van der Waals surface area contributed by atoms with Gasteiger partial charge in [-0.1, -0.05) is 11.8 Å². The molecule has 0 bridgehead atoms. The monoisotopic (exact) mass is 286 g/mol. The summed E-state index contributed by atoms with van der Waals surface area (Å²) in [6, 6.07) is 4.74. The van der Waals surface area contributed by atoms with Gasteiger partial charge in [0.25, 0.3) is 0 Å². The van der Waals surface area contributed by atoms with E-state index in [0.717, 1.165) is 5.56 Å². The average Bonchev–Trinajstić information content (AvgIpc) is 2.20. The van der Waals surface area contributed by atoms with Crippen LogP contribution in [0.2, 0.25) is 0 Å². The molecule has 0 aliphatic rings. The molecule has 0 amide bonds. The zero-order valence-corrected chi connectivity index (χ0v) is 10.1. The molecule has 0 heterocycles. The largest absolute Gasteiger partial charge is 0.478 e. The van der Waals surface area contributed by atoms with Gasteiger partial charge in [-0.15, -0.1) is 11.6 Å². The summed E-state index contributed by atoms with van der Waals surface area (Å²) in [6.45, 7) is 0. The van der Waals surface area contributed by atoms with E-state index in [0.29, 0.717) is 16.8 Å². The van der Waals surface area contributed by atoms with E-state index >= 15 is 0 Å². The summed E-state index contributed by atoms with van der Waals surface area (Å²) in [6.07, 6.45) is 0.620. The molecule has 1 N–H and O–H groups in total. The molecule has 78 valence electrons. The highest BCUT2D eigenvalue weighted by molar-refractivity contribution is 9.10. The number of hydrogen-bond donors (Lipinski definition) is 1. The third kappa shape index (κ3) is 3.58. The van der Waals surface area contributed by atoms with Gasteiger partial charge in [0.15, 0.2) is 0 Å². The second-order valence-electron chi connectivity index (χ2n) is 2.74. The van der Waals surface area contributed by atoms with Crippen molar-refractivity contribution < 1.29 is 9.90 Å². The number of carboxylic acids is 1. The topological polar surface area (TPSA) is 37.3 Å². The maximum absolute atomic E-state index is 10.7. The van der Waals surface area contributed by atoms with Crippen molar-refractivity contribution in [1.82, 2.24) is 0 Å². The van der Waals surface area contributed by atoms with E-state index in [-0.39, 0.29) is 5.56 Å². The van der Waals surface area contributed by atoms with E-state index in [9.17, 15) is 4.79 Å². The van der Waals surface area contributed by atoms with Gasteiger partial charge in [0, 0.05) is 22.3 Å². The van der Waals surface area contributed by atoms with Gasteiger partial charge in [-0.2, -0.15) is 0 Å². The second-order valence-corrected chi connectivity index (χ2v) is 3.97. The Balaban J connectivity index is 2.95. The molecular formula is C11H8BrClO2. The molecule has 2 nitrogen and oxygen atoms in total. The molecule has 15 heavy (non-hydrogen) atoms. The molecule has 1 aromatic carbocycles. The van der Waals surface area contributed by atoms with Crippen molar-refractivity contribution in [3.8, 4) is 11.8 Å². The van der Waals surface area contributed by atoms with Crippen LogP contribution in [-0.4, -0.2) is 17.0 Å². The number of benzene rings is 1. The van der Waals surface area contributed by atoms with Crippen LogP contribution in [-0.2, 0) is 0 Å². The average molecular weight is 288 g/mol. The number of aromatic carboxylic acids is 1. The van der Waals surface area contributed by atoms with Crippen molar-refractivity contribution >= 4 is 33.5 Å². The lowest BCUT2D eigenvalue weighted by Crippen LogP contribution is -1.96. The van der Waals surface area contributed by atoms with Crippen molar-refractivity contribution in [2.45, 2.75) is 6.42 Å². The van der Waals surface area contributed by atoms with Gasteiger partial charge in [-0.25, -0.2) is 4.79 Å². The Bertz CT molecular complexity index is 432. The zero-order chi connectivity index (χ0) is 11.3. The first-order chi connectivity index (χ1) is 7.15. The SMILES string of the molecule is O=C(O)c1ccc(C#CCCCl)c(Br)c1. The number of carbonyl (C=O) groups is 1. The number of alkyl halides is 1. The number of carboxylic acid groups (broad SMARTS) is 1. The lowest BCUT2D eigenvalue weighted by molar-refractivity contribution is 0.0697. The summed E-state index contributed by atoms with van der Waals surface area (Å²) in [5.74, 6) is 5.34. The molecule has 0 saturated heterocycles. The molecule has 0 unspecified atom stereocenters. The Kier molecular flexibility index (Phi) is 4.67. The molecule has 4 heteroatoms. The molecule has 0 atom stereocenters. The molecule has 0 aliphatic heterocycles. The standard InChI is InChI=1S/C11H8BrClO2/c12-10-7-9(11(14)15)5-4-8(10)3-1-2-6-13/h4-5,7H,2,6H2,(H,14,15). The van der Waals surface area contributed by atoms with Crippen molar-refractivity contribution in [1.29, 1.82) is 0 Å². The summed E-state index contributed by atoms with van der Waals surface area (Å²) >= 11 is 8.75. The summed E-state index contributed by atoms with van der Waals surface area (Å²) in [5.41, 5.74) is 1.01. The fraction of sp³-hybridized carbons (Fsp3) is 0.182. The van der Waals surface area contributed by atoms with Crippen LogP contribution in [0.4, 0.5) is 0 Å². The highest BCUT2D eigenvalue weighted by atomic mass is 79.9. The lowest BCUT2D eigenvalue weighted by atomic mass is 10.1. The quantitative estimate of drug-likeness (QED) is 0.670. The maximum atomic E-state index is 10.7. The fourth-order valence-electron chi connectivity index (χ4n) is 0.954. The van der Waals surface area contributed by atoms with Crippen molar-refractivity contribution in [3.05, 3.63) is 33.8 Å². The summed E-state index contributed by atoms with van der Waals surface area (Å²) < 4.78 is 0.685. The minimum atomic E-state index is -0.948. The van der Waals surface area contributed by atoms with Crippen LogP contribution in [0.5, 0.6) is 0 Å². The Labute approximate surface area is 101 Å². The summed E-state index contributed by atoms with van der Waals surface area (Å²) in [5, 5.41) is 8.74. The number of halogens is 2. The second kappa shape index (κ2) is 5.79. The van der Waals surface area contributed by atoms with Crippen LogP contribution < -0.4 is 0 Å². The first-order valence-electron chi connectivity index (χ1n) is 4.23. The lowest BCUT2D eigenvalue weighted by Gasteiger charge is -1.98. The van der Waals surface area contributed by atoms with Crippen LogP contribution in [0.25, 0.3) is 0 Å². The number of hydrogen-bond acceptors (Lipinski definition) is 1. The Morgan fingerprint density at radius 2 is 2.27 bits per heavy atom. The first-order valence-corrected chi connectivity index (χ1v) is 5.55. The summed E-state index contributed by atoms with van der Waals surface area (Å²) in [4.78, 5) is 10.7. The molecular weight excluding hydrogens is 279 g/mol. The molecule has 0 aromatic heterocycles. The van der Waals surface area contributed by atoms with Crippen LogP contribution in [0.3, 0.4) is 0 Å². The van der Waals surface area contributed by atoms with Gasteiger partial charge < -0.3 is 5.11 Å². The highest BCUT2D eigenvalue weighted by Gasteiger charge is 2.04. The van der Waals surface area contributed by atoms with E-state index in [4.69, 9.17) is 16.7 Å². The molecule has 1 aromatic rings. The van der Waals surface area contributed by atoms with Crippen molar-refractivity contribution in [2.24, 2.45) is 0 Å². The Morgan fingerprint density at radius 3 is 2.80 bits per heavy atom. The fourth-order valence-corrected chi connectivity index (χ4v) is 1.53. The van der Waals surface area contributed by atoms with E-state index in [1.807, 2.05) is 0 Å². The predicted molar refractivity (Wildman–Crippen MR) is 63.3 cm³/mol. The van der Waals surface area contributed by atoms with Gasteiger partial charge >= 0.3 is 5.97 Å². The first kappa shape index (κ1) is 12.1. The minimum Gasteiger partial charge on any atom is -0.478 e. The van der Waals surface area contributed by atoms with Gasteiger partial charge in [0.1, 0.15) is 0 Å². The highest BCUT2D eigenvalue weighted by Crippen LogP contribution is 2.17. The molecule has 0 radical (unpaired) electrons. The van der Waals surface area contributed by atoms with Gasteiger partial charge in [-0.05, 0) is 34.1 Å². The van der Waals surface area contributed by atoms with Gasteiger partial charge in [0.05, 0.1) is 5.56 Å². The van der Waals surface area contributed by atoms with Crippen LogP contribution in [0, 0.1) is 11.8 Å². The molecule has 1 rings (SSSR count). The van der Waals surface area contributed by atoms with E-state index < -0.39 is 5.97 Å². The van der Waals surface area contributed by atoms with E-state index in [1.54, 1.807) is 6.07 Å². The van der Waals surface area contributed by atoms with Crippen molar-refractivity contribution in [2.75, 3.05) is 5.88 Å². The number of rotatable bonds is 2. The Hall–Kier alpha value is -0.980. The van der Waals surface area contributed by atoms with Crippen LogP contribution >= 0.6 is 27.5 Å².